The highest BCUT2D eigenvalue weighted by atomic mass is 16.3. The highest BCUT2D eigenvalue weighted by molar-refractivity contribution is 5.32. The van der Waals surface area contributed by atoms with Crippen LogP contribution in [0.2, 0.25) is 0 Å². The van der Waals surface area contributed by atoms with Crippen molar-refractivity contribution in [1.29, 1.82) is 0 Å². The molecule has 0 saturated carbocycles. The molecule has 0 aromatic heterocycles. The molecule has 4 rings (SSSR count). The van der Waals surface area contributed by atoms with Gasteiger partial charge in [-0.05, 0) is 29.7 Å². The highest BCUT2D eigenvalue weighted by Crippen LogP contribution is 2.50. The van der Waals surface area contributed by atoms with Crippen LogP contribution in [0.15, 0.2) is 91.0 Å². The number of nitrogens with zero attached hydrogens (tertiary/aromatic N) is 1. The smallest absolute Gasteiger partial charge is 0.0808 e. The van der Waals surface area contributed by atoms with E-state index in [0.717, 1.165) is 0 Å². The zero-order valence-electron chi connectivity index (χ0n) is 15.9. The topological polar surface area (TPSA) is 23.5 Å². The highest BCUT2D eigenvalue weighted by Gasteiger charge is 2.46. The molecule has 3 aromatic carbocycles. The molecule has 2 nitrogen and oxygen atoms in total. The van der Waals surface area contributed by atoms with Crippen LogP contribution in [0.4, 0.5) is 0 Å². The molecule has 0 bridgehead atoms. The summed E-state index contributed by atoms with van der Waals surface area (Å²) >= 11 is 0. The Labute approximate surface area is 162 Å². The van der Waals surface area contributed by atoms with E-state index in [0.29, 0.717) is 0 Å². The minimum atomic E-state index is -0.463. The third kappa shape index (κ3) is 3.31. The fourth-order valence-corrected chi connectivity index (χ4v) is 4.94. The summed E-state index contributed by atoms with van der Waals surface area (Å²) in [6, 6.07) is 31.8. The van der Waals surface area contributed by atoms with Crippen molar-refractivity contribution in [3.05, 3.63) is 108 Å². The fourth-order valence-electron chi connectivity index (χ4n) is 4.94. The Bertz CT molecular complexity index is 720. The minimum Gasteiger partial charge on any atom is -0.390 e. The molecule has 2 heteroatoms. The van der Waals surface area contributed by atoms with E-state index in [9.17, 15) is 5.11 Å². The first kappa shape index (κ1) is 18.0. The Morgan fingerprint density at radius 1 is 0.630 bits per heavy atom. The Balaban J connectivity index is 1.83. The normalized spacial score (nSPS) is 28.8. The third-order valence-corrected chi connectivity index (χ3v) is 6.10. The Morgan fingerprint density at radius 3 is 1.52 bits per heavy atom. The molecule has 1 N–H and O–H groups in total. The summed E-state index contributed by atoms with van der Waals surface area (Å²) in [5.41, 5.74) is 3.69. The van der Waals surface area contributed by atoms with Crippen LogP contribution in [0.3, 0.4) is 0 Å². The van der Waals surface area contributed by atoms with E-state index in [-0.39, 0.29) is 23.9 Å². The predicted octanol–water partition coefficient (Wildman–Crippen LogP) is 5.20. The molecule has 0 radical (unpaired) electrons. The number of aliphatic hydroxyl groups is 1. The molecule has 5 unspecified atom stereocenters. The lowest BCUT2D eigenvalue weighted by atomic mass is 9.69. The third-order valence-electron chi connectivity index (χ3n) is 6.10. The molecular weight excluding hydrogens is 330 g/mol. The SMILES string of the molecule is CC1C(c2ccccc2)C(O)C(c2ccccc2)N(C)C1c1ccccc1. The van der Waals surface area contributed by atoms with Crippen LogP contribution in [-0.2, 0) is 0 Å². The van der Waals surface area contributed by atoms with Gasteiger partial charge in [0, 0.05) is 12.0 Å². The molecule has 1 aliphatic rings. The first-order chi connectivity index (χ1) is 13.2. The van der Waals surface area contributed by atoms with Crippen molar-refractivity contribution in [3.63, 3.8) is 0 Å². The number of rotatable bonds is 3. The lowest BCUT2D eigenvalue weighted by Gasteiger charge is -2.51. The van der Waals surface area contributed by atoms with Gasteiger partial charge in [-0.3, -0.25) is 4.90 Å². The Hall–Kier alpha value is -2.42. The fraction of sp³-hybridized carbons (Fsp3) is 0.280. The average Bonchev–Trinajstić information content (AvgIpc) is 2.70. The van der Waals surface area contributed by atoms with E-state index < -0.39 is 6.10 Å². The number of hydrogen-bond acceptors (Lipinski definition) is 2. The molecule has 0 spiro atoms. The molecule has 1 fully saturated rings. The molecular formula is C25H27NO. The molecule has 5 atom stereocenters. The zero-order chi connectivity index (χ0) is 18.8. The Kier molecular flexibility index (Phi) is 5.11. The van der Waals surface area contributed by atoms with Crippen molar-refractivity contribution >= 4 is 0 Å². The van der Waals surface area contributed by atoms with Gasteiger partial charge < -0.3 is 5.11 Å². The minimum absolute atomic E-state index is 0.0437. The summed E-state index contributed by atoms with van der Waals surface area (Å²) in [5.74, 6) is 0.368. The second-order valence-electron chi connectivity index (χ2n) is 7.66. The van der Waals surface area contributed by atoms with E-state index in [2.05, 4.69) is 97.7 Å². The van der Waals surface area contributed by atoms with Crippen molar-refractivity contribution in [2.45, 2.75) is 31.0 Å². The van der Waals surface area contributed by atoms with Crippen LogP contribution in [0.25, 0.3) is 0 Å². The van der Waals surface area contributed by atoms with Crippen LogP contribution in [0.1, 0.15) is 41.6 Å². The summed E-state index contributed by atoms with van der Waals surface area (Å²) in [7, 11) is 2.15. The van der Waals surface area contributed by atoms with Gasteiger partial charge in [0.1, 0.15) is 0 Å². The van der Waals surface area contributed by atoms with E-state index in [4.69, 9.17) is 0 Å². The van der Waals surface area contributed by atoms with Gasteiger partial charge in [0.15, 0.2) is 0 Å². The van der Waals surface area contributed by atoms with Crippen LogP contribution in [0, 0.1) is 5.92 Å². The summed E-state index contributed by atoms with van der Waals surface area (Å²) in [6.07, 6.45) is -0.463. The maximum Gasteiger partial charge on any atom is 0.0808 e. The summed E-state index contributed by atoms with van der Waals surface area (Å²) in [4.78, 5) is 2.36. The lowest BCUT2D eigenvalue weighted by molar-refractivity contribution is -0.0552. The summed E-state index contributed by atoms with van der Waals surface area (Å²) < 4.78 is 0. The second-order valence-corrected chi connectivity index (χ2v) is 7.66. The van der Waals surface area contributed by atoms with Gasteiger partial charge in [0.2, 0.25) is 0 Å². The number of piperidine rings is 1. The van der Waals surface area contributed by atoms with Gasteiger partial charge in [-0.15, -0.1) is 0 Å². The van der Waals surface area contributed by atoms with E-state index in [1.54, 1.807) is 0 Å². The van der Waals surface area contributed by atoms with Crippen LogP contribution in [0.5, 0.6) is 0 Å². The van der Waals surface area contributed by atoms with Gasteiger partial charge in [0.05, 0.1) is 12.1 Å². The number of benzene rings is 3. The standard InChI is InChI=1S/C25H27NO/c1-18-22(19-12-6-3-7-13-19)25(27)24(21-16-10-5-11-17-21)26(2)23(18)20-14-8-4-9-15-20/h3-18,22-25,27H,1-2H3. The van der Waals surface area contributed by atoms with Gasteiger partial charge in [-0.2, -0.15) is 0 Å². The Morgan fingerprint density at radius 2 is 1.04 bits per heavy atom. The maximum atomic E-state index is 11.5. The monoisotopic (exact) mass is 357 g/mol. The van der Waals surface area contributed by atoms with E-state index in [1.165, 1.54) is 16.7 Å². The number of likely N-dealkylation sites (tertiary alicyclic amines) is 1. The maximum absolute atomic E-state index is 11.5. The van der Waals surface area contributed by atoms with Crippen molar-refractivity contribution in [1.82, 2.24) is 4.90 Å². The summed E-state index contributed by atoms with van der Waals surface area (Å²) in [6.45, 7) is 2.27. The lowest BCUT2D eigenvalue weighted by Crippen LogP contribution is -2.49. The van der Waals surface area contributed by atoms with Gasteiger partial charge in [-0.25, -0.2) is 0 Å². The molecule has 1 aliphatic heterocycles. The van der Waals surface area contributed by atoms with Crippen LogP contribution >= 0.6 is 0 Å². The van der Waals surface area contributed by atoms with Crippen LogP contribution < -0.4 is 0 Å². The number of aliphatic hydroxyl groups excluding tert-OH is 1. The van der Waals surface area contributed by atoms with E-state index >= 15 is 0 Å². The zero-order valence-corrected chi connectivity index (χ0v) is 15.9. The molecule has 1 heterocycles. The average molecular weight is 357 g/mol. The second kappa shape index (κ2) is 7.67. The number of likely N-dealkylation sites (N-methyl/N-ethyl adjacent to an activating group) is 1. The van der Waals surface area contributed by atoms with Crippen molar-refractivity contribution < 1.29 is 5.11 Å². The van der Waals surface area contributed by atoms with E-state index in [1.807, 2.05) is 12.1 Å². The van der Waals surface area contributed by atoms with Crippen molar-refractivity contribution in [3.8, 4) is 0 Å². The molecule has 138 valence electrons. The molecule has 0 aliphatic carbocycles. The number of hydrogen-bond donors (Lipinski definition) is 1. The largest absolute Gasteiger partial charge is 0.390 e. The molecule has 3 aromatic rings. The van der Waals surface area contributed by atoms with Gasteiger partial charge >= 0.3 is 0 Å². The van der Waals surface area contributed by atoms with Crippen LogP contribution in [-0.4, -0.2) is 23.2 Å². The summed E-state index contributed by atoms with van der Waals surface area (Å²) in [5, 5.41) is 11.5. The molecule has 0 amide bonds. The molecule has 1 saturated heterocycles. The van der Waals surface area contributed by atoms with Crippen molar-refractivity contribution in [2.75, 3.05) is 7.05 Å². The van der Waals surface area contributed by atoms with Gasteiger partial charge in [0.25, 0.3) is 0 Å². The first-order valence-corrected chi connectivity index (χ1v) is 9.73. The predicted molar refractivity (Wildman–Crippen MR) is 110 cm³/mol. The first-order valence-electron chi connectivity index (χ1n) is 9.73. The molecule has 27 heavy (non-hydrogen) atoms. The quantitative estimate of drug-likeness (QED) is 0.697. The van der Waals surface area contributed by atoms with Crippen molar-refractivity contribution in [2.24, 2.45) is 5.92 Å². The van der Waals surface area contributed by atoms with Gasteiger partial charge in [-0.1, -0.05) is 97.9 Å².